The lowest BCUT2D eigenvalue weighted by Gasteiger charge is -2.26. The van der Waals surface area contributed by atoms with Crippen molar-refractivity contribution in [3.05, 3.63) is 0 Å². The Balaban J connectivity index is 3.92. The van der Waals surface area contributed by atoms with Crippen LogP contribution in [0.15, 0.2) is 0 Å². The molecule has 0 radical (unpaired) electrons. The zero-order valence-electron chi connectivity index (χ0n) is 11.7. The minimum Gasteiger partial charge on any atom is -0.379 e. The fraction of sp³-hybridized carbons (Fsp3) is 1.00. The van der Waals surface area contributed by atoms with Crippen molar-refractivity contribution in [2.75, 3.05) is 19.8 Å². The first-order valence-corrected chi connectivity index (χ1v) is 6.43. The van der Waals surface area contributed by atoms with Crippen LogP contribution < -0.4 is 5.32 Å². The molecule has 0 fully saturated rings. The van der Waals surface area contributed by atoms with E-state index in [9.17, 15) is 0 Å². The van der Waals surface area contributed by atoms with Crippen LogP contribution in [-0.4, -0.2) is 38.0 Å². The first kappa shape index (κ1) is 15.9. The lowest BCUT2D eigenvalue weighted by molar-refractivity contribution is -0.0623. The number of rotatable bonds is 9. The molecule has 0 heterocycles. The van der Waals surface area contributed by atoms with E-state index in [1.54, 1.807) is 0 Å². The fourth-order valence-electron chi connectivity index (χ4n) is 1.41. The molecule has 0 aromatic rings. The fourth-order valence-corrected chi connectivity index (χ4v) is 1.41. The second-order valence-corrected chi connectivity index (χ2v) is 4.95. The monoisotopic (exact) mass is 231 g/mol. The summed E-state index contributed by atoms with van der Waals surface area (Å²) in [7, 11) is 0. The van der Waals surface area contributed by atoms with Crippen molar-refractivity contribution in [2.24, 2.45) is 5.92 Å². The summed E-state index contributed by atoms with van der Waals surface area (Å²) in [6, 6.07) is 0.507. The lowest BCUT2D eigenvalue weighted by Crippen LogP contribution is -2.39. The Labute approximate surface area is 101 Å². The van der Waals surface area contributed by atoms with Crippen LogP contribution in [0.3, 0.4) is 0 Å². The first-order chi connectivity index (χ1) is 7.47. The van der Waals surface area contributed by atoms with Gasteiger partial charge < -0.3 is 14.8 Å². The quantitative estimate of drug-likeness (QED) is 0.661. The second kappa shape index (κ2) is 8.97. The van der Waals surface area contributed by atoms with Gasteiger partial charge in [0.1, 0.15) is 0 Å². The van der Waals surface area contributed by atoms with Crippen LogP contribution >= 0.6 is 0 Å². The molecular formula is C13H29NO2. The number of hydrogen-bond donors (Lipinski definition) is 1. The molecule has 0 saturated carbocycles. The molecule has 0 aromatic heterocycles. The highest BCUT2D eigenvalue weighted by Gasteiger charge is 2.17. The van der Waals surface area contributed by atoms with E-state index in [0.717, 1.165) is 13.2 Å². The van der Waals surface area contributed by atoms with E-state index in [4.69, 9.17) is 9.47 Å². The maximum absolute atomic E-state index is 5.98. The van der Waals surface area contributed by atoms with Gasteiger partial charge in [0.2, 0.25) is 0 Å². The predicted octanol–water partition coefficient (Wildman–Crippen LogP) is 2.45. The zero-order chi connectivity index (χ0) is 12.6. The smallest absolute Gasteiger partial charge is 0.0784 e. The molecular weight excluding hydrogens is 202 g/mol. The minimum atomic E-state index is 0.168. The average Bonchev–Trinajstić information content (AvgIpc) is 2.20. The summed E-state index contributed by atoms with van der Waals surface area (Å²) in [5.74, 6) is 0.523. The Morgan fingerprint density at radius 3 is 2.12 bits per heavy atom. The number of hydrogen-bond acceptors (Lipinski definition) is 3. The molecule has 0 aliphatic carbocycles. The molecule has 98 valence electrons. The highest BCUT2D eigenvalue weighted by molar-refractivity contribution is 4.69. The topological polar surface area (TPSA) is 30.5 Å². The molecule has 0 aliphatic heterocycles. The minimum absolute atomic E-state index is 0.168. The number of ether oxygens (including phenoxy) is 2. The van der Waals surface area contributed by atoms with Gasteiger partial charge in [0.25, 0.3) is 0 Å². The largest absolute Gasteiger partial charge is 0.379 e. The molecule has 3 nitrogen and oxygen atoms in total. The summed E-state index contributed by atoms with van der Waals surface area (Å²) >= 11 is 0. The van der Waals surface area contributed by atoms with Crippen molar-refractivity contribution in [2.45, 2.75) is 59.8 Å². The van der Waals surface area contributed by atoms with E-state index < -0.39 is 0 Å². The summed E-state index contributed by atoms with van der Waals surface area (Å²) in [4.78, 5) is 0. The van der Waals surface area contributed by atoms with Crippen molar-refractivity contribution in [3.8, 4) is 0 Å². The Hall–Kier alpha value is -0.120. The Morgan fingerprint density at radius 2 is 1.69 bits per heavy atom. The molecule has 3 heteroatoms. The third-order valence-corrected chi connectivity index (χ3v) is 2.43. The van der Waals surface area contributed by atoms with Crippen molar-refractivity contribution >= 4 is 0 Å². The predicted molar refractivity (Wildman–Crippen MR) is 68.8 cm³/mol. The van der Waals surface area contributed by atoms with Crippen LogP contribution in [0.1, 0.15) is 41.5 Å². The lowest BCUT2D eigenvalue weighted by atomic mass is 10.1. The molecule has 0 amide bonds. The SMILES string of the molecule is CCOCC(C)OC(CNC(C)C)C(C)C. The average molecular weight is 231 g/mol. The van der Waals surface area contributed by atoms with Crippen molar-refractivity contribution in [3.63, 3.8) is 0 Å². The Bertz CT molecular complexity index is 160. The van der Waals surface area contributed by atoms with Gasteiger partial charge in [-0.3, -0.25) is 0 Å². The van der Waals surface area contributed by atoms with E-state index in [1.807, 2.05) is 6.92 Å². The standard InChI is InChI=1S/C13H29NO2/c1-7-15-9-12(6)16-13(10(2)3)8-14-11(4)5/h10-14H,7-9H2,1-6H3. The summed E-state index contributed by atoms with van der Waals surface area (Å²) in [5, 5.41) is 3.42. The van der Waals surface area contributed by atoms with E-state index >= 15 is 0 Å². The van der Waals surface area contributed by atoms with Gasteiger partial charge in [0, 0.05) is 19.2 Å². The van der Waals surface area contributed by atoms with Gasteiger partial charge in [-0.25, -0.2) is 0 Å². The van der Waals surface area contributed by atoms with Gasteiger partial charge in [-0.15, -0.1) is 0 Å². The molecule has 0 saturated heterocycles. The van der Waals surface area contributed by atoms with Crippen LogP contribution in [0.2, 0.25) is 0 Å². The third-order valence-electron chi connectivity index (χ3n) is 2.43. The van der Waals surface area contributed by atoms with Crippen molar-refractivity contribution < 1.29 is 9.47 Å². The highest BCUT2D eigenvalue weighted by Crippen LogP contribution is 2.09. The van der Waals surface area contributed by atoms with Gasteiger partial charge in [0.05, 0.1) is 18.8 Å². The van der Waals surface area contributed by atoms with Crippen LogP contribution in [-0.2, 0) is 9.47 Å². The molecule has 16 heavy (non-hydrogen) atoms. The molecule has 0 aliphatic rings. The first-order valence-electron chi connectivity index (χ1n) is 6.43. The summed E-state index contributed by atoms with van der Waals surface area (Å²) in [5.41, 5.74) is 0. The maximum Gasteiger partial charge on any atom is 0.0784 e. The Morgan fingerprint density at radius 1 is 1.06 bits per heavy atom. The van der Waals surface area contributed by atoms with Crippen LogP contribution in [0.5, 0.6) is 0 Å². The van der Waals surface area contributed by atoms with Crippen LogP contribution in [0, 0.1) is 5.92 Å². The van der Waals surface area contributed by atoms with Crippen LogP contribution in [0.25, 0.3) is 0 Å². The molecule has 0 aromatic carbocycles. The van der Waals surface area contributed by atoms with Crippen molar-refractivity contribution in [1.82, 2.24) is 5.32 Å². The van der Waals surface area contributed by atoms with Gasteiger partial charge in [-0.2, -0.15) is 0 Å². The van der Waals surface area contributed by atoms with E-state index in [2.05, 4.69) is 39.9 Å². The molecule has 2 atom stereocenters. The van der Waals surface area contributed by atoms with E-state index in [1.165, 1.54) is 0 Å². The molecule has 0 rings (SSSR count). The van der Waals surface area contributed by atoms with E-state index in [0.29, 0.717) is 18.6 Å². The summed E-state index contributed by atoms with van der Waals surface area (Å²) in [6.45, 7) is 15.1. The van der Waals surface area contributed by atoms with Gasteiger partial charge in [0.15, 0.2) is 0 Å². The number of nitrogens with one attached hydrogen (secondary N) is 1. The van der Waals surface area contributed by atoms with Gasteiger partial charge in [-0.1, -0.05) is 27.7 Å². The Kier molecular flexibility index (Phi) is 8.90. The highest BCUT2D eigenvalue weighted by atomic mass is 16.5. The molecule has 1 N–H and O–H groups in total. The van der Waals surface area contributed by atoms with Crippen molar-refractivity contribution in [1.29, 1.82) is 0 Å². The molecule has 0 bridgehead atoms. The normalized spacial score (nSPS) is 15.8. The molecule has 2 unspecified atom stereocenters. The summed E-state index contributed by atoms with van der Waals surface area (Å²) < 4.78 is 11.3. The maximum atomic E-state index is 5.98. The second-order valence-electron chi connectivity index (χ2n) is 4.95. The van der Waals surface area contributed by atoms with Gasteiger partial charge in [-0.05, 0) is 19.8 Å². The summed E-state index contributed by atoms with van der Waals surface area (Å²) in [6.07, 6.45) is 0.430. The van der Waals surface area contributed by atoms with E-state index in [-0.39, 0.29) is 12.2 Å². The van der Waals surface area contributed by atoms with Gasteiger partial charge >= 0.3 is 0 Å². The third kappa shape index (κ3) is 8.08. The molecule has 0 spiro atoms. The zero-order valence-corrected chi connectivity index (χ0v) is 11.7. The van der Waals surface area contributed by atoms with Crippen LogP contribution in [0.4, 0.5) is 0 Å².